The highest BCUT2D eigenvalue weighted by Gasteiger charge is 2.17. The van der Waals surface area contributed by atoms with E-state index in [0.717, 1.165) is 16.9 Å². The second-order valence-electron chi connectivity index (χ2n) is 4.60. The first kappa shape index (κ1) is 15.7. The summed E-state index contributed by atoms with van der Waals surface area (Å²) < 4.78 is 21.7. The van der Waals surface area contributed by atoms with Crippen LogP contribution in [0.3, 0.4) is 0 Å². The number of alkyl halides is 1. The Morgan fingerprint density at radius 1 is 1.50 bits per heavy atom. The quantitative estimate of drug-likeness (QED) is 0.715. The molecule has 3 nitrogen and oxygen atoms in total. The van der Waals surface area contributed by atoms with Crippen LogP contribution in [0.4, 0.5) is 4.39 Å². The van der Waals surface area contributed by atoms with Gasteiger partial charge < -0.3 is 9.30 Å². The van der Waals surface area contributed by atoms with E-state index in [9.17, 15) is 4.39 Å². The Morgan fingerprint density at radius 2 is 2.25 bits per heavy atom. The molecule has 0 saturated heterocycles. The van der Waals surface area contributed by atoms with Crippen molar-refractivity contribution < 1.29 is 9.13 Å². The molecule has 110 valence electrons. The highest BCUT2D eigenvalue weighted by molar-refractivity contribution is 9.10. The van der Waals surface area contributed by atoms with Crippen molar-refractivity contribution in [1.29, 1.82) is 0 Å². The summed E-state index contributed by atoms with van der Waals surface area (Å²) in [6.07, 6.45) is 0.645. The molecule has 20 heavy (non-hydrogen) atoms. The van der Waals surface area contributed by atoms with Gasteiger partial charge in [-0.2, -0.15) is 0 Å². The Hall–Kier alpha value is -0.650. The number of aromatic nitrogens is 2. The van der Waals surface area contributed by atoms with E-state index >= 15 is 0 Å². The van der Waals surface area contributed by atoms with Gasteiger partial charge in [-0.15, -0.1) is 11.6 Å². The minimum atomic E-state index is -0.292. The number of hydrogen-bond donors (Lipinski definition) is 0. The molecule has 6 heteroatoms. The van der Waals surface area contributed by atoms with Crippen LogP contribution in [0.2, 0.25) is 0 Å². The van der Waals surface area contributed by atoms with Crippen molar-refractivity contribution >= 4 is 38.6 Å². The molecule has 0 bridgehead atoms. The maximum Gasteiger partial charge on any atom is 0.139 e. The highest BCUT2D eigenvalue weighted by Crippen LogP contribution is 2.27. The fraction of sp³-hybridized carbons (Fsp3) is 0.500. The average Bonchev–Trinajstić information content (AvgIpc) is 2.74. The topological polar surface area (TPSA) is 27.1 Å². The number of ether oxygens (including phenoxy) is 1. The van der Waals surface area contributed by atoms with Crippen LogP contribution >= 0.6 is 27.5 Å². The van der Waals surface area contributed by atoms with E-state index in [-0.39, 0.29) is 11.9 Å². The van der Waals surface area contributed by atoms with Gasteiger partial charge in [-0.3, -0.25) is 0 Å². The lowest BCUT2D eigenvalue weighted by Gasteiger charge is -2.17. The molecule has 0 radical (unpaired) electrons. The fourth-order valence-corrected chi connectivity index (χ4v) is 2.76. The SMILES string of the molecule is CCOCC(C)n1c(CCCl)nc2cc(Br)c(F)cc21. The van der Waals surface area contributed by atoms with Gasteiger partial charge in [0.2, 0.25) is 0 Å². The van der Waals surface area contributed by atoms with Crippen LogP contribution in [0.25, 0.3) is 11.0 Å². The third kappa shape index (κ3) is 3.15. The van der Waals surface area contributed by atoms with E-state index in [1.54, 1.807) is 6.07 Å². The molecule has 0 aliphatic heterocycles. The molecule has 2 rings (SSSR count). The second kappa shape index (κ2) is 6.87. The van der Waals surface area contributed by atoms with Gasteiger partial charge in [0.15, 0.2) is 0 Å². The molecule has 1 unspecified atom stereocenters. The third-order valence-corrected chi connectivity index (χ3v) is 3.92. The van der Waals surface area contributed by atoms with Gasteiger partial charge in [0.1, 0.15) is 11.6 Å². The molecule has 1 heterocycles. The lowest BCUT2D eigenvalue weighted by molar-refractivity contribution is 0.119. The maximum atomic E-state index is 13.8. The largest absolute Gasteiger partial charge is 0.380 e. The van der Waals surface area contributed by atoms with Crippen LogP contribution in [0.1, 0.15) is 25.7 Å². The van der Waals surface area contributed by atoms with E-state index in [1.165, 1.54) is 6.07 Å². The molecular weight excluding hydrogens is 347 g/mol. The van der Waals surface area contributed by atoms with Crippen LogP contribution in [0.15, 0.2) is 16.6 Å². The Morgan fingerprint density at radius 3 is 2.90 bits per heavy atom. The van der Waals surface area contributed by atoms with E-state index < -0.39 is 0 Å². The molecule has 0 fully saturated rings. The van der Waals surface area contributed by atoms with Crippen LogP contribution in [0.5, 0.6) is 0 Å². The van der Waals surface area contributed by atoms with Crippen molar-refractivity contribution in [3.63, 3.8) is 0 Å². The van der Waals surface area contributed by atoms with Crippen LogP contribution in [-0.4, -0.2) is 28.6 Å². The second-order valence-corrected chi connectivity index (χ2v) is 5.83. The summed E-state index contributed by atoms with van der Waals surface area (Å²) in [7, 11) is 0. The predicted molar refractivity (Wildman–Crippen MR) is 83.0 cm³/mol. The van der Waals surface area contributed by atoms with Crippen LogP contribution in [0, 0.1) is 5.82 Å². The Balaban J connectivity index is 2.52. The molecule has 0 saturated carbocycles. The van der Waals surface area contributed by atoms with Gasteiger partial charge in [-0.25, -0.2) is 9.37 Å². The number of aryl methyl sites for hydroxylation is 1. The molecule has 0 amide bonds. The Labute approximate surface area is 131 Å². The molecule has 1 aromatic carbocycles. The van der Waals surface area contributed by atoms with Gasteiger partial charge >= 0.3 is 0 Å². The zero-order valence-corrected chi connectivity index (χ0v) is 13.8. The molecule has 1 aromatic heterocycles. The fourth-order valence-electron chi connectivity index (χ4n) is 2.26. The summed E-state index contributed by atoms with van der Waals surface area (Å²) in [5, 5.41) is 0. The third-order valence-electron chi connectivity index (χ3n) is 3.13. The van der Waals surface area contributed by atoms with Crippen molar-refractivity contribution in [2.45, 2.75) is 26.3 Å². The summed E-state index contributed by atoms with van der Waals surface area (Å²) in [6.45, 7) is 5.21. The number of hydrogen-bond acceptors (Lipinski definition) is 2. The smallest absolute Gasteiger partial charge is 0.139 e. The first-order valence-electron chi connectivity index (χ1n) is 6.58. The summed E-state index contributed by atoms with van der Waals surface area (Å²) in [4.78, 5) is 4.56. The molecule has 0 N–H and O–H groups in total. The normalized spacial score (nSPS) is 13.1. The average molecular weight is 364 g/mol. The van der Waals surface area contributed by atoms with Gasteiger partial charge in [-0.1, -0.05) is 0 Å². The molecule has 0 aliphatic rings. The maximum absolute atomic E-state index is 13.8. The van der Waals surface area contributed by atoms with E-state index in [2.05, 4.69) is 20.9 Å². The molecule has 0 aliphatic carbocycles. The highest BCUT2D eigenvalue weighted by atomic mass is 79.9. The lowest BCUT2D eigenvalue weighted by atomic mass is 10.2. The van der Waals surface area contributed by atoms with Crippen molar-refractivity contribution in [3.05, 3.63) is 28.2 Å². The first-order chi connectivity index (χ1) is 9.58. The number of rotatable bonds is 6. The molecule has 1 atom stereocenters. The summed E-state index contributed by atoms with van der Waals surface area (Å²) in [6, 6.07) is 3.29. The van der Waals surface area contributed by atoms with Crippen LogP contribution < -0.4 is 0 Å². The van der Waals surface area contributed by atoms with Gasteiger partial charge in [0.25, 0.3) is 0 Å². The first-order valence-corrected chi connectivity index (χ1v) is 7.90. The lowest BCUT2D eigenvalue weighted by Crippen LogP contribution is -2.15. The number of halogens is 3. The summed E-state index contributed by atoms with van der Waals surface area (Å²) in [5.74, 6) is 1.05. The monoisotopic (exact) mass is 362 g/mol. The van der Waals surface area contributed by atoms with Crippen molar-refractivity contribution in [2.75, 3.05) is 19.1 Å². The minimum absolute atomic E-state index is 0.0822. The zero-order valence-electron chi connectivity index (χ0n) is 11.5. The predicted octanol–water partition coefficient (Wildman–Crippen LogP) is 4.32. The number of imidazole rings is 1. The number of benzene rings is 1. The van der Waals surface area contributed by atoms with Gasteiger partial charge in [0.05, 0.1) is 28.2 Å². The van der Waals surface area contributed by atoms with Crippen LogP contribution in [-0.2, 0) is 11.2 Å². The Bertz CT molecular complexity index is 602. The zero-order chi connectivity index (χ0) is 14.7. The van der Waals surface area contributed by atoms with Crippen molar-refractivity contribution in [2.24, 2.45) is 0 Å². The molecule has 0 spiro atoms. The standard InChI is InChI=1S/C14H17BrClFN2O/c1-3-20-8-9(2)19-13-7-11(17)10(15)6-12(13)18-14(19)4-5-16/h6-7,9H,3-5,8H2,1-2H3. The number of fused-ring (bicyclic) bond motifs is 1. The van der Waals surface area contributed by atoms with Gasteiger partial charge in [0, 0.05) is 25.0 Å². The summed E-state index contributed by atoms with van der Waals surface area (Å²) in [5.41, 5.74) is 1.54. The van der Waals surface area contributed by atoms with Crippen molar-refractivity contribution in [1.82, 2.24) is 9.55 Å². The van der Waals surface area contributed by atoms with E-state index in [0.29, 0.717) is 30.0 Å². The minimum Gasteiger partial charge on any atom is -0.380 e. The molecule has 2 aromatic rings. The summed E-state index contributed by atoms with van der Waals surface area (Å²) >= 11 is 9.03. The van der Waals surface area contributed by atoms with E-state index in [1.807, 2.05) is 18.4 Å². The Kier molecular flexibility index (Phi) is 5.41. The van der Waals surface area contributed by atoms with Gasteiger partial charge in [-0.05, 0) is 35.8 Å². The van der Waals surface area contributed by atoms with E-state index in [4.69, 9.17) is 16.3 Å². The number of nitrogens with zero attached hydrogens (tertiary/aromatic N) is 2. The molecular formula is C14H17BrClFN2O. The van der Waals surface area contributed by atoms with Crippen molar-refractivity contribution in [3.8, 4) is 0 Å².